The number of ether oxygens (including phenoxy) is 1. The summed E-state index contributed by atoms with van der Waals surface area (Å²) >= 11 is 0. The fourth-order valence-electron chi connectivity index (χ4n) is 1.11. The van der Waals surface area contributed by atoms with Gasteiger partial charge in [0.05, 0.1) is 13.0 Å². The Bertz CT molecular complexity index is 256. The minimum atomic E-state index is -0.313. The third-order valence-electron chi connectivity index (χ3n) is 2.95. The molecule has 0 heterocycles. The van der Waals surface area contributed by atoms with Crippen LogP contribution in [0.1, 0.15) is 47.5 Å². The Kier molecular flexibility index (Phi) is 6.85. The third-order valence-corrected chi connectivity index (χ3v) is 2.95. The van der Waals surface area contributed by atoms with Crippen molar-refractivity contribution in [3.63, 3.8) is 0 Å². The standard InChI is InChI=1S/C13H25NO3/c1-6-17-12(16)8-7-11(15)14-9-10(2)13(3,4)5/h10H,6-9H2,1-5H3,(H,14,15). The molecule has 1 N–H and O–H groups in total. The molecule has 17 heavy (non-hydrogen) atoms. The molecular formula is C13H25NO3. The molecule has 0 aromatic carbocycles. The number of carbonyl (C=O) groups excluding carboxylic acids is 2. The summed E-state index contributed by atoms with van der Waals surface area (Å²) in [6, 6.07) is 0. The largest absolute Gasteiger partial charge is 0.466 e. The SMILES string of the molecule is CCOC(=O)CCC(=O)NCC(C)C(C)(C)C. The lowest BCUT2D eigenvalue weighted by molar-refractivity contribution is -0.144. The molecule has 0 saturated carbocycles. The molecule has 0 aliphatic heterocycles. The van der Waals surface area contributed by atoms with Crippen LogP contribution in [0, 0.1) is 11.3 Å². The lowest BCUT2D eigenvalue weighted by atomic mass is 9.82. The van der Waals surface area contributed by atoms with Crippen LogP contribution in [-0.4, -0.2) is 25.0 Å². The Hall–Kier alpha value is -1.06. The predicted molar refractivity (Wildman–Crippen MR) is 67.5 cm³/mol. The highest BCUT2D eigenvalue weighted by molar-refractivity contribution is 5.81. The van der Waals surface area contributed by atoms with Gasteiger partial charge in [-0.3, -0.25) is 9.59 Å². The molecule has 0 aromatic heterocycles. The zero-order chi connectivity index (χ0) is 13.5. The average Bonchev–Trinajstić information content (AvgIpc) is 2.22. The molecule has 0 aliphatic carbocycles. The lowest BCUT2D eigenvalue weighted by Crippen LogP contribution is -2.33. The van der Waals surface area contributed by atoms with Gasteiger partial charge in [-0.15, -0.1) is 0 Å². The summed E-state index contributed by atoms with van der Waals surface area (Å²) in [6.07, 6.45) is 0.360. The van der Waals surface area contributed by atoms with Gasteiger partial charge in [0.1, 0.15) is 0 Å². The smallest absolute Gasteiger partial charge is 0.306 e. The molecule has 0 fully saturated rings. The van der Waals surface area contributed by atoms with Gasteiger partial charge in [0.15, 0.2) is 0 Å². The van der Waals surface area contributed by atoms with Crippen LogP contribution < -0.4 is 5.32 Å². The van der Waals surface area contributed by atoms with Crippen LogP contribution >= 0.6 is 0 Å². The molecule has 0 spiro atoms. The number of amides is 1. The van der Waals surface area contributed by atoms with E-state index in [1.54, 1.807) is 6.92 Å². The van der Waals surface area contributed by atoms with Crippen molar-refractivity contribution in [3.05, 3.63) is 0 Å². The van der Waals surface area contributed by atoms with E-state index in [1.165, 1.54) is 0 Å². The van der Waals surface area contributed by atoms with E-state index in [0.29, 0.717) is 19.1 Å². The van der Waals surface area contributed by atoms with Gasteiger partial charge in [-0.2, -0.15) is 0 Å². The molecule has 0 saturated heterocycles. The van der Waals surface area contributed by atoms with Crippen molar-refractivity contribution in [2.24, 2.45) is 11.3 Å². The van der Waals surface area contributed by atoms with Crippen molar-refractivity contribution in [1.29, 1.82) is 0 Å². The van der Waals surface area contributed by atoms with Crippen molar-refractivity contribution in [3.8, 4) is 0 Å². The zero-order valence-corrected chi connectivity index (χ0v) is 11.6. The van der Waals surface area contributed by atoms with Crippen LogP contribution in [0.15, 0.2) is 0 Å². The van der Waals surface area contributed by atoms with Crippen LogP contribution in [0.3, 0.4) is 0 Å². The monoisotopic (exact) mass is 243 g/mol. The first kappa shape index (κ1) is 15.9. The number of esters is 1. The van der Waals surface area contributed by atoms with Gasteiger partial charge in [0.2, 0.25) is 5.91 Å². The van der Waals surface area contributed by atoms with Gasteiger partial charge >= 0.3 is 5.97 Å². The Morgan fingerprint density at radius 2 is 1.82 bits per heavy atom. The molecule has 0 aliphatic rings. The predicted octanol–water partition coefficient (Wildman–Crippen LogP) is 2.13. The van der Waals surface area contributed by atoms with Gasteiger partial charge in [-0.1, -0.05) is 27.7 Å². The zero-order valence-electron chi connectivity index (χ0n) is 11.6. The topological polar surface area (TPSA) is 55.4 Å². The van der Waals surface area contributed by atoms with Crippen molar-refractivity contribution >= 4 is 11.9 Å². The highest BCUT2D eigenvalue weighted by atomic mass is 16.5. The second-order valence-corrected chi connectivity index (χ2v) is 5.38. The van der Waals surface area contributed by atoms with Crippen LogP contribution in [0.2, 0.25) is 0 Å². The highest BCUT2D eigenvalue weighted by Gasteiger charge is 2.20. The molecule has 1 unspecified atom stereocenters. The Labute approximate surface area is 104 Å². The summed E-state index contributed by atoms with van der Waals surface area (Å²) < 4.78 is 4.75. The molecule has 4 nitrogen and oxygen atoms in total. The maximum absolute atomic E-state index is 11.5. The van der Waals surface area contributed by atoms with Gasteiger partial charge in [0.25, 0.3) is 0 Å². The van der Waals surface area contributed by atoms with E-state index < -0.39 is 0 Å². The van der Waals surface area contributed by atoms with E-state index in [-0.39, 0.29) is 30.1 Å². The van der Waals surface area contributed by atoms with Crippen LogP contribution in [0.25, 0.3) is 0 Å². The fourth-order valence-corrected chi connectivity index (χ4v) is 1.11. The van der Waals surface area contributed by atoms with E-state index in [9.17, 15) is 9.59 Å². The normalized spacial score (nSPS) is 13.0. The summed E-state index contributed by atoms with van der Waals surface area (Å²) in [6.45, 7) is 11.3. The molecule has 0 radical (unpaired) electrons. The molecule has 1 amide bonds. The number of hydrogen-bond acceptors (Lipinski definition) is 3. The Morgan fingerprint density at radius 3 is 2.29 bits per heavy atom. The quantitative estimate of drug-likeness (QED) is 0.727. The minimum absolute atomic E-state index is 0.0887. The molecule has 0 rings (SSSR count). The first-order valence-electron chi connectivity index (χ1n) is 6.19. The summed E-state index contributed by atoms with van der Waals surface area (Å²) in [5, 5.41) is 2.84. The van der Waals surface area contributed by atoms with Gasteiger partial charge in [-0.25, -0.2) is 0 Å². The average molecular weight is 243 g/mol. The first-order chi connectivity index (χ1) is 7.77. The number of nitrogens with one attached hydrogen (secondary N) is 1. The van der Waals surface area contributed by atoms with Gasteiger partial charge < -0.3 is 10.1 Å². The lowest BCUT2D eigenvalue weighted by Gasteiger charge is -2.27. The van der Waals surface area contributed by atoms with Crippen molar-refractivity contribution < 1.29 is 14.3 Å². The van der Waals surface area contributed by atoms with Crippen molar-refractivity contribution in [2.45, 2.75) is 47.5 Å². The van der Waals surface area contributed by atoms with Crippen molar-refractivity contribution in [1.82, 2.24) is 5.32 Å². The van der Waals surface area contributed by atoms with Gasteiger partial charge in [-0.05, 0) is 18.3 Å². The fraction of sp³-hybridized carbons (Fsp3) is 0.846. The third kappa shape index (κ3) is 7.77. The molecule has 100 valence electrons. The van der Waals surface area contributed by atoms with Crippen molar-refractivity contribution in [2.75, 3.05) is 13.2 Å². The van der Waals surface area contributed by atoms with E-state index in [0.717, 1.165) is 0 Å². The second kappa shape index (κ2) is 7.30. The number of carbonyl (C=O) groups is 2. The summed E-state index contributed by atoms with van der Waals surface area (Å²) in [7, 11) is 0. The van der Waals surface area contributed by atoms with Gasteiger partial charge in [0, 0.05) is 13.0 Å². The molecular weight excluding hydrogens is 218 g/mol. The van der Waals surface area contributed by atoms with Crippen LogP contribution in [0.4, 0.5) is 0 Å². The summed E-state index contributed by atoms with van der Waals surface area (Å²) in [5.74, 6) is -0.00489. The summed E-state index contributed by atoms with van der Waals surface area (Å²) in [4.78, 5) is 22.5. The van der Waals surface area contributed by atoms with E-state index in [2.05, 4.69) is 33.0 Å². The molecule has 0 bridgehead atoms. The summed E-state index contributed by atoms with van der Waals surface area (Å²) in [5.41, 5.74) is 0.175. The van der Waals surface area contributed by atoms with E-state index in [4.69, 9.17) is 4.74 Å². The Balaban J connectivity index is 3.77. The van der Waals surface area contributed by atoms with Crippen LogP contribution in [0.5, 0.6) is 0 Å². The highest BCUT2D eigenvalue weighted by Crippen LogP contribution is 2.24. The Morgan fingerprint density at radius 1 is 1.24 bits per heavy atom. The number of rotatable bonds is 6. The van der Waals surface area contributed by atoms with Crippen LogP contribution in [-0.2, 0) is 14.3 Å². The molecule has 0 aromatic rings. The minimum Gasteiger partial charge on any atom is -0.466 e. The molecule has 1 atom stereocenters. The van der Waals surface area contributed by atoms with E-state index >= 15 is 0 Å². The number of hydrogen-bond donors (Lipinski definition) is 1. The maximum atomic E-state index is 11.5. The first-order valence-corrected chi connectivity index (χ1v) is 6.19. The maximum Gasteiger partial charge on any atom is 0.306 e. The second-order valence-electron chi connectivity index (χ2n) is 5.38. The molecule has 4 heteroatoms. The van der Waals surface area contributed by atoms with E-state index in [1.807, 2.05) is 0 Å².